The number of nitrogens with zero attached hydrogens (tertiary/aromatic N) is 1. The van der Waals surface area contributed by atoms with E-state index in [9.17, 15) is 22.0 Å². The molecular weight excluding hydrogens is 410 g/mol. The SMILES string of the molecule is O=C(Cc1ccc(S(=O)(=O)N2CCCC2)s1)NCc1ccc(OC(F)F)cc1. The van der Waals surface area contributed by atoms with Crippen LogP contribution >= 0.6 is 11.3 Å². The number of thiophene rings is 1. The molecule has 152 valence electrons. The fourth-order valence-electron chi connectivity index (χ4n) is 2.86. The predicted molar refractivity (Wildman–Crippen MR) is 101 cm³/mol. The van der Waals surface area contributed by atoms with E-state index in [1.54, 1.807) is 24.3 Å². The molecule has 1 saturated heterocycles. The van der Waals surface area contributed by atoms with E-state index in [2.05, 4.69) is 10.1 Å². The molecule has 10 heteroatoms. The fourth-order valence-corrected chi connectivity index (χ4v) is 5.88. The van der Waals surface area contributed by atoms with Gasteiger partial charge in [0.05, 0.1) is 6.42 Å². The summed E-state index contributed by atoms with van der Waals surface area (Å²) in [4.78, 5) is 12.8. The first-order valence-corrected chi connectivity index (χ1v) is 11.0. The topological polar surface area (TPSA) is 75.7 Å². The molecular formula is C18H20F2N2O4S2. The maximum absolute atomic E-state index is 12.5. The average Bonchev–Trinajstić information content (AvgIpc) is 3.33. The summed E-state index contributed by atoms with van der Waals surface area (Å²) < 4.78 is 55.3. The standard InChI is InChI=1S/C18H20F2N2O4S2/c19-18(20)26-14-5-3-13(4-6-14)12-21-16(23)11-15-7-8-17(27-15)28(24,25)22-9-1-2-10-22/h3-8,18H,1-2,9-12H2,(H,21,23). The Morgan fingerprint density at radius 3 is 2.46 bits per heavy atom. The van der Waals surface area contributed by atoms with Gasteiger partial charge in [0.15, 0.2) is 0 Å². The summed E-state index contributed by atoms with van der Waals surface area (Å²) in [5.74, 6) is -0.199. The molecule has 0 aliphatic carbocycles. The molecule has 0 atom stereocenters. The first-order valence-electron chi connectivity index (χ1n) is 8.74. The molecule has 1 aliphatic rings. The van der Waals surface area contributed by atoms with Crippen molar-refractivity contribution in [3.05, 3.63) is 46.8 Å². The molecule has 0 saturated carbocycles. The minimum absolute atomic E-state index is 0.0513. The Morgan fingerprint density at radius 2 is 1.82 bits per heavy atom. The van der Waals surface area contributed by atoms with Crippen molar-refractivity contribution in [3.63, 3.8) is 0 Å². The summed E-state index contributed by atoms with van der Waals surface area (Å²) in [5, 5.41) is 2.73. The number of amides is 1. The molecule has 0 unspecified atom stereocenters. The second-order valence-electron chi connectivity index (χ2n) is 6.31. The van der Waals surface area contributed by atoms with Crippen molar-refractivity contribution >= 4 is 27.3 Å². The molecule has 0 radical (unpaired) electrons. The maximum Gasteiger partial charge on any atom is 0.387 e. The van der Waals surface area contributed by atoms with Gasteiger partial charge in [0.2, 0.25) is 5.91 Å². The van der Waals surface area contributed by atoms with Gasteiger partial charge in [-0.3, -0.25) is 4.79 Å². The summed E-state index contributed by atoms with van der Waals surface area (Å²) in [5.41, 5.74) is 0.735. The van der Waals surface area contributed by atoms with E-state index in [4.69, 9.17) is 0 Å². The summed E-state index contributed by atoms with van der Waals surface area (Å²) in [7, 11) is -3.47. The molecule has 2 aromatic rings. The number of rotatable bonds is 8. The van der Waals surface area contributed by atoms with Crippen LogP contribution in [0.3, 0.4) is 0 Å². The van der Waals surface area contributed by atoms with Crippen molar-refractivity contribution in [1.29, 1.82) is 0 Å². The van der Waals surface area contributed by atoms with Crippen LogP contribution in [0.15, 0.2) is 40.6 Å². The van der Waals surface area contributed by atoms with Gasteiger partial charge >= 0.3 is 6.61 Å². The van der Waals surface area contributed by atoms with Crippen molar-refractivity contribution in [3.8, 4) is 5.75 Å². The van der Waals surface area contributed by atoms with E-state index in [1.165, 1.54) is 16.4 Å². The Bertz CT molecular complexity index is 908. The molecule has 2 heterocycles. The van der Waals surface area contributed by atoms with Gasteiger partial charge in [-0.2, -0.15) is 13.1 Å². The van der Waals surface area contributed by atoms with Crippen LogP contribution in [0.2, 0.25) is 0 Å². The molecule has 1 aromatic heterocycles. The van der Waals surface area contributed by atoms with Gasteiger partial charge in [-0.25, -0.2) is 8.42 Å². The van der Waals surface area contributed by atoms with Crippen LogP contribution in [0.5, 0.6) is 5.75 Å². The van der Waals surface area contributed by atoms with Crippen molar-refractivity contribution < 1.29 is 26.7 Å². The van der Waals surface area contributed by atoms with Gasteiger partial charge in [0.25, 0.3) is 10.0 Å². The van der Waals surface area contributed by atoms with E-state index in [0.717, 1.165) is 29.7 Å². The second kappa shape index (κ2) is 8.97. The third kappa shape index (κ3) is 5.27. The molecule has 3 rings (SSSR count). The normalized spacial score (nSPS) is 15.1. The molecule has 1 aliphatic heterocycles. The molecule has 1 aromatic carbocycles. The van der Waals surface area contributed by atoms with Crippen LogP contribution in [0.25, 0.3) is 0 Å². The van der Waals surface area contributed by atoms with Crippen LogP contribution < -0.4 is 10.1 Å². The highest BCUT2D eigenvalue weighted by atomic mass is 32.2. The molecule has 1 amide bonds. The van der Waals surface area contributed by atoms with Crippen LogP contribution in [0, 0.1) is 0 Å². The Morgan fingerprint density at radius 1 is 1.14 bits per heavy atom. The van der Waals surface area contributed by atoms with Gasteiger partial charge in [0.1, 0.15) is 9.96 Å². The molecule has 0 bridgehead atoms. The van der Waals surface area contributed by atoms with Crippen LogP contribution in [-0.4, -0.2) is 38.3 Å². The number of sulfonamides is 1. The molecule has 0 spiro atoms. The molecule has 28 heavy (non-hydrogen) atoms. The van der Waals surface area contributed by atoms with Crippen molar-refractivity contribution in [1.82, 2.24) is 9.62 Å². The number of benzene rings is 1. The van der Waals surface area contributed by atoms with Crippen LogP contribution in [0.1, 0.15) is 23.3 Å². The molecule has 1 N–H and O–H groups in total. The number of nitrogens with one attached hydrogen (secondary N) is 1. The van der Waals surface area contributed by atoms with E-state index in [0.29, 0.717) is 18.0 Å². The minimum Gasteiger partial charge on any atom is -0.435 e. The molecule has 1 fully saturated rings. The highest BCUT2D eigenvalue weighted by molar-refractivity contribution is 7.91. The number of carbonyl (C=O) groups excluding carboxylic acids is 1. The number of alkyl halides is 2. The van der Waals surface area contributed by atoms with Crippen molar-refractivity contribution in [2.45, 2.75) is 36.6 Å². The zero-order valence-electron chi connectivity index (χ0n) is 14.9. The first-order chi connectivity index (χ1) is 13.3. The number of hydrogen-bond acceptors (Lipinski definition) is 5. The lowest BCUT2D eigenvalue weighted by molar-refractivity contribution is -0.120. The summed E-state index contributed by atoms with van der Waals surface area (Å²) in [6, 6.07) is 9.19. The lowest BCUT2D eigenvalue weighted by Gasteiger charge is -2.13. The largest absolute Gasteiger partial charge is 0.435 e. The van der Waals surface area contributed by atoms with Gasteiger partial charge in [-0.1, -0.05) is 12.1 Å². The Kier molecular flexibility index (Phi) is 6.63. The third-order valence-corrected chi connectivity index (χ3v) is 7.72. The Labute approximate surface area is 166 Å². The average molecular weight is 430 g/mol. The van der Waals surface area contributed by atoms with Gasteiger partial charge in [0, 0.05) is 24.5 Å². The lowest BCUT2D eigenvalue weighted by Crippen LogP contribution is -2.27. The van der Waals surface area contributed by atoms with E-state index >= 15 is 0 Å². The number of ether oxygens (including phenoxy) is 1. The maximum atomic E-state index is 12.5. The zero-order valence-corrected chi connectivity index (χ0v) is 16.6. The summed E-state index contributed by atoms with van der Waals surface area (Å²) in [6.07, 6.45) is 1.82. The Balaban J connectivity index is 1.52. The highest BCUT2D eigenvalue weighted by Crippen LogP contribution is 2.27. The van der Waals surface area contributed by atoms with E-state index in [1.807, 2.05) is 0 Å². The van der Waals surface area contributed by atoms with Crippen LogP contribution in [0.4, 0.5) is 8.78 Å². The van der Waals surface area contributed by atoms with Crippen LogP contribution in [-0.2, 0) is 27.8 Å². The van der Waals surface area contributed by atoms with Gasteiger partial charge < -0.3 is 10.1 Å². The summed E-state index contributed by atoms with van der Waals surface area (Å²) in [6.45, 7) is -1.57. The number of carbonyl (C=O) groups is 1. The van der Waals surface area contributed by atoms with Gasteiger partial charge in [-0.15, -0.1) is 11.3 Å². The predicted octanol–water partition coefficient (Wildman–Crippen LogP) is 2.99. The monoisotopic (exact) mass is 430 g/mol. The smallest absolute Gasteiger partial charge is 0.387 e. The fraction of sp³-hybridized carbons (Fsp3) is 0.389. The summed E-state index contributed by atoms with van der Waals surface area (Å²) >= 11 is 1.11. The first kappa shape index (κ1) is 20.7. The van der Waals surface area contributed by atoms with Gasteiger partial charge in [-0.05, 0) is 42.7 Å². The number of hydrogen-bond donors (Lipinski definition) is 1. The number of halogens is 2. The lowest BCUT2D eigenvalue weighted by atomic mass is 10.2. The van der Waals surface area contributed by atoms with E-state index < -0.39 is 16.6 Å². The molecule has 6 nitrogen and oxygen atoms in total. The van der Waals surface area contributed by atoms with E-state index in [-0.39, 0.29) is 28.8 Å². The zero-order chi connectivity index (χ0) is 20.1. The van der Waals surface area contributed by atoms with Crippen molar-refractivity contribution in [2.75, 3.05) is 13.1 Å². The third-order valence-electron chi connectivity index (χ3n) is 4.27. The minimum atomic E-state index is -3.47. The van der Waals surface area contributed by atoms with Crippen molar-refractivity contribution in [2.24, 2.45) is 0 Å². The quantitative estimate of drug-likeness (QED) is 0.699. The second-order valence-corrected chi connectivity index (χ2v) is 9.64. The highest BCUT2D eigenvalue weighted by Gasteiger charge is 2.28. The Hall–Kier alpha value is -2.04.